The molecule has 6 nitrogen and oxygen atoms in total. The number of benzene rings is 2. The van der Waals surface area contributed by atoms with E-state index in [0.717, 1.165) is 37.5 Å². The summed E-state index contributed by atoms with van der Waals surface area (Å²) in [6.45, 7) is 7.81. The Labute approximate surface area is 200 Å². The fraction of sp³-hybridized carbons (Fsp3) is 0.435. The summed E-state index contributed by atoms with van der Waals surface area (Å²) in [5.74, 6) is -0.301. The molecule has 1 fully saturated rings. The number of sulfonamides is 1. The van der Waals surface area contributed by atoms with Gasteiger partial charge in [0.25, 0.3) is 5.91 Å². The van der Waals surface area contributed by atoms with Crippen LogP contribution in [0.25, 0.3) is 0 Å². The molecule has 1 amide bonds. The van der Waals surface area contributed by atoms with Crippen molar-refractivity contribution in [1.29, 1.82) is 0 Å². The zero-order valence-corrected chi connectivity index (χ0v) is 20.8. The van der Waals surface area contributed by atoms with Gasteiger partial charge >= 0.3 is 0 Å². The number of amides is 1. The molecule has 0 aromatic heterocycles. The first-order chi connectivity index (χ1) is 14.9. The number of hydrogen-bond acceptors (Lipinski definition) is 4. The van der Waals surface area contributed by atoms with E-state index in [-0.39, 0.29) is 27.4 Å². The number of likely N-dealkylation sites (tertiary alicyclic amines) is 1. The van der Waals surface area contributed by atoms with Crippen LogP contribution in [0.15, 0.2) is 47.4 Å². The van der Waals surface area contributed by atoms with Gasteiger partial charge in [-0.2, -0.15) is 0 Å². The number of nitrogens with one attached hydrogen (secondary N) is 2. The minimum absolute atomic E-state index is 0.0346. The molecule has 2 aromatic rings. The van der Waals surface area contributed by atoms with Crippen molar-refractivity contribution in [3.8, 4) is 0 Å². The molecule has 1 aliphatic rings. The number of halogens is 2. The lowest BCUT2D eigenvalue weighted by Gasteiger charge is -2.32. The van der Waals surface area contributed by atoms with Gasteiger partial charge in [-0.15, -0.1) is 0 Å². The minimum Gasteiger partial charge on any atom is -0.349 e. The SMILES string of the molecule is CC(C)(C)NS(=O)(=O)c1cc(C(=O)NC2CCN(Cc3ccc(Cl)cc3)CC2)ccc1Cl. The van der Waals surface area contributed by atoms with Gasteiger partial charge in [0, 0.05) is 41.8 Å². The summed E-state index contributed by atoms with van der Waals surface area (Å²) in [7, 11) is -3.85. The number of piperidine rings is 1. The van der Waals surface area contributed by atoms with Crippen LogP contribution < -0.4 is 10.0 Å². The van der Waals surface area contributed by atoms with E-state index >= 15 is 0 Å². The van der Waals surface area contributed by atoms with Crippen LogP contribution in [-0.4, -0.2) is 43.9 Å². The van der Waals surface area contributed by atoms with E-state index in [4.69, 9.17) is 23.2 Å². The van der Waals surface area contributed by atoms with Gasteiger partial charge in [-0.1, -0.05) is 35.3 Å². The van der Waals surface area contributed by atoms with Gasteiger partial charge in [0.2, 0.25) is 10.0 Å². The molecule has 0 atom stereocenters. The van der Waals surface area contributed by atoms with Crippen LogP contribution in [0.5, 0.6) is 0 Å². The highest BCUT2D eigenvalue weighted by atomic mass is 35.5. The Morgan fingerprint density at radius 3 is 2.28 bits per heavy atom. The smallest absolute Gasteiger partial charge is 0.251 e. The van der Waals surface area contributed by atoms with E-state index in [1.165, 1.54) is 17.7 Å². The molecule has 2 N–H and O–H groups in total. The highest BCUT2D eigenvalue weighted by Gasteiger charge is 2.26. The average Bonchev–Trinajstić information content (AvgIpc) is 2.69. The second-order valence-electron chi connectivity index (χ2n) is 9.15. The lowest BCUT2D eigenvalue weighted by Crippen LogP contribution is -2.44. The number of rotatable bonds is 6. The predicted molar refractivity (Wildman–Crippen MR) is 129 cm³/mol. The average molecular weight is 498 g/mol. The summed E-state index contributed by atoms with van der Waals surface area (Å²) in [6.07, 6.45) is 1.65. The van der Waals surface area contributed by atoms with Gasteiger partial charge in [0.1, 0.15) is 4.90 Å². The van der Waals surface area contributed by atoms with Gasteiger partial charge in [-0.25, -0.2) is 13.1 Å². The molecule has 0 saturated carbocycles. The van der Waals surface area contributed by atoms with Gasteiger partial charge in [0.15, 0.2) is 0 Å². The molecular formula is C23H29Cl2N3O3S. The second kappa shape index (κ2) is 10.1. The van der Waals surface area contributed by atoms with E-state index in [1.807, 2.05) is 24.3 Å². The minimum atomic E-state index is -3.85. The molecule has 9 heteroatoms. The normalized spacial score (nSPS) is 16.2. The maximum atomic E-state index is 12.8. The van der Waals surface area contributed by atoms with Crippen molar-refractivity contribution in [2.45, 2.75) is 56.6 Å². The molecule has 1 saturated heterocycles. The first-order valence-electron chi connectivity index (χ1n) is 10.5. The van der Waals surface area contributed by atoms with Crippen molar-refractivity contribution >= 4 is 39.1 Å². The van der Waals surface area contributed by atoms with E-state index in [0.29, 0.717) is 0 Å². The maximum absolute atomic E-state index is 12.8. The van der Waals surface area contributed by atoms with E-state index in [1.54, 1.807) is 26.8 Å². The van der Waals surface area contributed by atoms with Crippen LogP contribution in [0.3, 0.4) is 0 Å². The molecule has 0 aliphatic carbocycles. The van der Waals surface area contributed by atoms with Crippen molar-refractivity contribution < 1.29 is 13.2 Å². The zero-order chi connectivity index (χ0) is 23.5. The molecule has 0 spiro atoms. The first kappa shape index (κ1) is 25.0. The lowest BCUT2D eigenvalue weighted by molar-refractivity contribution is 0.0908. The van der Waals surface area contributed by atoms with E-state index < -0.39 is 15.6 Å². The molecule has 1 aliphatic heterocycles. The molecule has 0 radical (unpaired) electrons. The summed E-state index contributed by atoms with van der Waals surface area (Å²) >= 11 is 12.1. The Balaban J connectivity index is 1.60. The Hall–Kier alpha value is -1.64. The highest BCUT2D eigenvalue weighted by Crippen LogP contribution is 2.24. The molecule has 32 heavy (non-hydrogen) atoms. The fourth-order valence-corrected chi connectivity index (χ4v) is 5.73. The van der Waals surface area contributed by atoms with Gasteiger partial charge in [-0.3, -0.25) is 9.69 Å². The Kier molecular flexibility index (Phi) is 7.89. The third kappa shape index (κ3) is 6.93. The number of nitrogens with zero attached hydrogens (tertiary/aromatic N) is 1. The topological polar surface area (TPSA) is 78.5 Å². The van der Waals surface area contributed by atoms with Crippen LogP contribution in [0, 0.1) is 0 Å². The summed E-state index contributed by atoms with van der Waals surface area (Å²) in [4.78, 5) is 15.0. The quantitative estimate of drug-likeness (QED) is 0.617. The zero-order valence-electron chi connectivity index (χ0n) is 18.5. The van der Waals surface area contributed by atoms with Gasteiger partial charge < -0.3 is 5.32 Å². The summed E-state index contributed by atoms with van der Waals surface area (Å²) in [5, 5.41) is 3.83. The maximum Gasteiger partial charge on any atom is 0.251 e. The van der Waals surface area contributed by atoms with Crippen molar-refractivity contribution in [3.05, 3.63) is 63.6 Å². The van der Waals surface area contributed by atoms with Crippen molar-refractivity contribution in [2.24, 2.45) is 0 Å². The van der Waals surface area contributed by atoms with Crippen LogP contribution in [0.4, 0.5) is 0 Å². The molecule has 0 bridgehead atoms. The number of carbonyl (C=O) groups excluding carboxylic acids is 1. The summed E-state index contributed by atoms with van der Waals surface area (Å²) in [5.41, 5.74) is 0.809. The summed E-state index contributed by atoms with van der Waals surface area (Å²) in [6, 6.07) is 12.2. The highest BCUT2D eigenvalue weighted by molar-refractivity contribution is 7.89. The van der Waals surface area contributed by atoms with Crippen LogP contribution in [-0.2, 0) is 16.6 Å². The van der Waals surface area contributed by atoms with Crippen molar-refractivity contribution in [3.63, 3.8) is 0 Å². The molecule has 174 valence electrons. The van der Waals surface area contributed by atoms with Crippen LogP contribution >= 0.6 is 23.2 Å². The first-order valence-corrected chi connectivity index (χ1v) is 12.8. The van der Waals surface area contributed by atoms with Crippen molar-refractivity contribution in [1.82, 2.24) is 14.9 Å². The number of hydrogen-bond donors (Lipinski definition) is 2. The third-order valence-corrected chi connectivity index (χ3v) is 7.66. The molecule has 0 unspecified atom stereocenters. The predicted octanol–water partition coefficient (Wildman–Crippen LogP) is 4.46. The molecule has 2 aromatic carbocycles. The van der Waals surface area contributed by atoms with Crippen molar-refractivity contribution in [2.75, 3.05) is 13.1 Å². The molecular weight excluding hydrogens is 469 g/mol. The number of carbonyl (C=O) groups is 1. The van der Waals surface area contributed by atoms with Gasteiger partial charge in [0.05, 0.1) is 5.02 Å². The summed E-state index contributed by atoms with van der Waals surface area (Å²) < 4.78 is 28.0. The largest absolute Gasteiger partial charge is 0.349 e. The monoisotopic (exact) mass is 497 g/mol. The fourth-order valence-electron chi connectivity index (χ4n) is 3.66. The van der Waals surface area contributed by atoms with Gasteiger partial charge in [-0.05, 0) is 69.5 Å². The van der Waals surface area contributed by atoms with E-state index in [9.17, 15) is 13.2 Å². The molecule has 1 heterocycles. The Morgan fingerprint density at radius 2 is 1.69 bits per heavy atom. The Bertz CT molecular complexity index is 1060. The van der Waals surface area contributed by atoms with E-state index in [2.05, 4.69) is 14.9 Å². The lowest BCUT2D eigenvalue weighted by atomic mass is 10.0. The van der Waals surface area contributed by atoms with Crippen LogP contribution in [0.1, 0.15) is 49.5 Å². The molecule has 3 rings (SSSR count). The second-order valence-corrected chi connectivity index (χ2v) is 11.6. The van der Waals surface area contributed by atoms with Crippen LogP contribution in [0.2, 0.25) is 10.0 Å². The standard InChI is InChI=1S/C23H29Cl2N3O3S/c1-23(2,3)27-32(30,31)21-14-17(6-9-20(21)25)22(29)26-19-10-12-28(13-11-19)15-16-4-7-18(24)8-5-16/h4-9,14,19,27H,10-13,15H2,1-3H3,(H,26,29). The Morgan fingerprint density at radius 1 is 1.06 bits per heavy atom. The third-order valence-electron chi connectivity index (χ3n) is 5.17.